The van der Waals surface area contributed by atoms with Crippen molar-refractivity contribution in [2.45, 2.75) is 12.5 Å². The van der Waals surface area contributed by atoms with Crippen molar-refractivity contribution < 1.29 is 14.3 Å². The number of carbonyl (C=O) groups is 1. The quantitative estimate of drug-likeness (QED) is 0.782. The van der Waals surface area contributed by atoms with Crippen molar-refractivity contribution in [3.8, 4) is 0 Å². The third-order valence-electron chi connectivity index (χ3n) is 4.96. The first-order valence-electron chi connectivity index (χ1n) is 9.19. The van der Waals surface area contributed by atoms with Crippen molar-refractivity contribution in [2.75, 3.05) is 38.3 Å². The molecule has 2 heterocycles. The molecule has 0 bridgehead atoms. The van der Waals surface area contributed by atoms with Gasteiger partial charge in [0.1, 0.15) is 0 Å². The number of anilines is 1. The second kappa shape index (κ2) is 7.80. The zero-order valence-corrected chi connectivity index (χ0v) is 15.4. The van der Waals surface area contributed by atoms with Gasteiger partial charge in [0.25, 0.3) is 0 Å². The fourth-order valence-electron chi connectivity index (χ4n) is 3.62. The summed E-state index contributed by atoms with van der Waals surface area (Å²) < 4.78 is 10.5. The van der Waals surface area contributed by atoms with Gasteiger partial charge < -0.3 is 19.3 Å². The second-order valence-corrected chi connectivity index (χ2v) is 6.57. The molecule has 6 nitrogen and oxygen atoms in total. The molecule has 6 heteroatoms. The summed E-state index contributed by atoms with van der Waals surface area (Å²) in [6.45, 7) is 2.89. The number of nitrogens with zero attached hydrogens (tertiary/aromatic N) is 3. The number of carbonyl (C=O) groups excluding carboxylic acids is 1. The van der Waals surface area contributed by atoms with Gasteiger partial charge in [0, 0.05) is 24.3 Å². The number of benzene rings is 2. The lowest BCUT2D eigenvalue weighted by molar-refractivity contribution is -0.141. The summed E-state index contributed by atoms with van der Waals surface area (Å²) in [6.07, 6.45) is 0.256. The van der Waals surface area contributed by atoms with Crippen LogP contribution in [0.1, 0.15) is 18.0 Å². The summed E-state index contributed by atoms with van der Waals surface area (Å²) in [7, 11) is 1.43. The Labute approximate surface area is 159 Å². The van der Waals surface area contributed by atoms with Crippen LogP contribution in [0.15, 0.2) is 59.6 Å². The van der Waals surface area contributed by atoms with Crippen LogP contribution in [0.5, 0.6) is 0 Å². The summed E-state index contributed by atoms with van der Waals surface area (Å²) in [5.74, 6) is 0.621. The molecule has 0 N–H and O–H groups in total. The van der Waals surface area contributed by atoms with Gasteiger partial charge in [-0.2, -0.15) is 0 Å². The molecule has 0 radical (unpaired) electrons. The van der Waals surface area contributed by atoms with Crippen LogP contribution < -0.4 is 4.90 Å². The molecule has 2 aromatic rings. The Kier molecular flexibility index (Phi) is 5.07. The monoisotopic (exact) mass is 365 g/mol. The lowest BCUT2D eigenvalue weighted by Crippen LogP contribution is -2.52. The van der Waals surface area contributed by atoms with E-state index in [0.29, 0.717) is 13.2 Å². The third-order valence-corrected chi connectivity index (χ3v) is 4.96. The predicted octanol–water partition coefficient (Wildman–Crippen LogP) is 3.13. The Morgan fingerprint density at radius 2 is 1.81 bits per heavy atom. The van der Waals surface area contributed by atoms with E-state index < -0.39 is 0 Å². The molecule has 2 aromatic carbocycles. The van der Waals surface area contributed by atoms with E-state index in [9.17, 15) is 4.79 Å². The molecule has 1 fully saturated rings. The van der Waals surface area contributed by atoms with E-state index in [2.05, 4.69) is 9.80 Å². The van der Waals surface area contributed by atoms with Crippen LogP contribution in [0.25, 0.3) is 0 Å². The number of esters is 1. The smallest absolute Gasteiger partial charge is 0.307 e. The molecule has 0 saturated carbocycles. The molecule has 0 amide bonds. The molecule has 0 aromatic heterocycles. The highest BCUT2D eigenvalue weighted by molar-refractivity contribution is 6.01. The van der Waals surface area contributed by atoms with Crippen molar-refractivity contribution in [1.82, 2.24) is 4.90 Å². The Balaban J connectivity index is 1.83. The number of methoxy groups -OCH3 is 1. The van der Waals surface area contributed by atoms with Gasteiger partial charge in [-0.05, 0) is 18.2 Å². The molecule has 2 aliphatic heterocycles. The van der Waals surface area contributed by atoms with Gasteiger partial charge in [-0.3, -0.25) is 4.79 Å². The highest BCUT2D eigenvalue weighted by Crippen LogP contribution is 2.40. The van der Waals surface area contributed by atoms with Crippen molar-refractivity contribution in [2.24, 2.45) is 4.99 Å². The number of fused-ring (bicyclic) bond motifs is 1. The lowest BCUT2D eigenvalue weighted by Gasteiger charge is -2.43. The molecule has 0 aliphatic carbocycles. The van der Waals surface area contributed by atoms with Crippen LogP contribution >= 0.6 is 0 Å². The van der Waals surface area contributed by atoms with Crippen LogP contribution in [0.3, 0.4) is 0 Å². The van der Waals surface area contributed by atoms with E-state index in [0.717, 1.165) is 36.0 Å². The van der Waals surface area contributed by atoms with Crippen molar-refractivity contribution in [3.05, 3.63) is 60.2 Å². The number of morpholine rings is 1. The van der Waals surface area contributed by atoms with Gasteiger partial charge in [0.2, 0.25) is 5.96 Å². The number of hydrogen-bond acceptors (Lipinski definition) is 6. The van der Waals surface area contributed by atoms with Crippen LogP contribution in [0.4, 0.5) is 11.4 Å². The van der Waals surface area contributed by atoms with E-state index in [1.807, 2.05) is 54.6 Å². The molecule has 1 atom stereocenters. The standard InChI is InChI=1S/C21H23N3O3/c1-26-20(25)15-19-17-9-5-6-10-18(17)22-21(23-11-13-27-14-12-23)24(19)16-7-3-2-4-8-16/h2-10,19H,11-15H2,1H3. The van der Waals surface area contributed by atoms with Crippen molar-refractivity contribution in [1.29, 1.82) is 0 Å². The Bertz CT molecular complexity index is 832. The maximum atomic E-state index is 12.2. The molecule has 2 aliphatic rings. The zero-order valence-electron chi connectivity index (χ0n) is 15.4. The van der Waals surface area contributed by atoms with Crippen molar-refractivity contribution in [3.63, 3.8) is 0 Å². The Morgan fingerprint density at radius 3 is 2.56 bits per heavy atom. The maximum Gasteiger partial charge on any atom is 0.307 e. The minimum atomic E-state index is -0.237. The normalized spacial score (nSPS) is 19.3. The Morgan fingerprint density at radius 1 is 1.11 bits per heavy atom. The summed E-state index contributed by atoms with van der Waals surface area (Å²) in [5.41, 5.74) is 2.94. The molecular weight excluding hydrogens is 342 g/mol. The van der Waals surface area contributed by atoms with E-state index in [1.54, 1.807) is 0 Å². The zero-order chi connectivity index (χ0) is 18.6. The molecule has 140 valence electrons. The summed E-state index contributed by atoms with van der Waals surface area (Å²) in [4.78, 5) is 21.6. The molecule has 1 saturated heterocycles. The molecule has 0 spiro atoms. The summed E-state index contributed by atoms with van der Waals surface area (Å²) in [5, 5.41) is 0. The maximum absolute atomic E-state index is 12.2. The number of ether oxygens (including phenoxy) is 2. The Hall–Kier alpha value is -2.86. The SMILES string of the molecule is COC(=O)CC1c2ccccc2N=C(N2CCOCC2)N1c1ccccc1. The first-order chi connectivity index (χ1) is 13.3. The number of rotatable bonds is 3. The predicted molar refractivity (Wildman–Crippen MR) is 104 cm³/mol. The lowest BCUT2D eigenvalue weighted by atomic mass is 9.97. The molecular formula is C21H23N3O3. The number of aliphatic imine (C=N–C) groups is 1. The van der Waals surface area contributed by atoms with Gasteiger partial charge in [-0.1, -0.05) is 36.4 Å². The number of para-hydroxylation sites is 2. The van der Waals surface area contributed by atoms with Gasteiger partial charge in [0.05, 0.1) is 38.5 Å². The van der Waals surface area contributed by atoms with Crippen LogP contribution in [-0.4, -0.2) is 50.2 Å². The number of hydrogen-bond donors (Lipinski definition) is 0. The average Bonchev–Trinajstić information content (AvgIpc) is 2.74. The molecule has 27 heavy (non-hydrogen) atoms. The highest BCUT2D eigenvalue weighted by Gasteiger charge is 2.35. The van der Waals surface area contributed by atoms with Gasteiger partial charge in [-0.25, -0.2) is 4.99 Å². The first-order valence-corrected chi connectivity index (χ1v) is 9.19. The average molecular weight is 365 g/mol. The van der Waals surface area contributed by atoms with Gasteiger partial charge in [0.15, 0.2) is 0 Å². The summed E-state index contributed by atoms with van der Waals surface area (Å²) in [6, 6.07) is 17.9. The van der Waals surface area contributed by atoms with Gasteiger partial charge in [-0.15, -0.1) is 0 Å². The topological polar surface area (TPSA) is 54.4 Å². The fraction of sp³-hybridized carbons (Fsp3) is 0.333. The van der Waals surface area contributed by atoms with Crippen molar-refractivity contribution >= 4 is 23.3 Å². The van der Waals surface area contributed by atoms with Crippen LogP contribution in [-0.2, 0) is 14.3 Å². The van der Waals surface area contributed by atoms with E-state index in [4.69, 9.17) is 14.5 Å². The van der Waals surface area contributed by atoms with Crippen LogP contribution in [0.2, 0.25) is 0 Å². The van der Waals surface area contributed by atoms with E-state index in [1.165, 1.54) is 7.11 Å². The van der Waals surface area contributed by atoms with Gasteiger partial charge >= 0.3 is 5.97 Å². The largest absolute Gasteiger partial charge is 0.469 e. The fourth-order valence-corrected chi connectivity index (χ4v) is 3.62. The highest BCUT2D eigenvalue weighted by atomic mass is 16.5. The van der Waals surface area contributed by atoms with E-state index in [-0.39, 0.29) is 18.4 Å². The number of guanidine groups is 1. The minimum absolute atomic E-state index is 0.175. The summed E-state index contributed by atoms with van der Waals surface area (Å²) >= 11 is 0. The minimum Gasteiger partial charge on any atom is -0.469 e. The second-order valence-electron chi connectivity index (χ2n) is 6.57. The first kappa shape index (κ1) is 17.5. The molecule has 4 rings (SSSR count). The molecule has 1 unspecified atom stereocenters. The van der Waals surface area contributed by atoms with E-state index >= 15 is 0 Å². The third kappa shape index (κ3) is 3.53. The van der Waals surface area contributed by atoms with Crippen LogP contribution in [0, 0.1) is 0 Å².